The van der Waals surface area contributed by atoms with Crippen molar-refractivity contribution >= 4 is 40.7 Å². The van der Waals surface area contributed by atoms with Gasteiger partial charge < -0.3 is 29.7 Å². The van der Waals surface area contributed by atoms with Crippen molar-refractivity contribution < 1.29 is 23.4 Å². The number of pyridine rings is 1. The molecule has 11 heteroatoms. The molecule has 2 aliphatic heterocycles. The Hall–Kier alpha value is -2.79. The molecule has 1 aliphatic carbocycles. The topological polar surface area (TPSA) is 90.0 Å². The van der Waals surface area contributed by atoms with Crippen molar-refractivity contribution in [1.29, 1.82) is 0 Å². The van der Waals surface area contributed by atoms with E-state index in [0.717, 1.165) is 31.6 Å². The largest absolute Gasteiger partial charge is 0.491 e. The molecule has 1 atom stereocenters. The molecule has 0 bridgehead atoms. The number of nitrogens with zero attached hydrogens (tertiary/aromatic N) is 3. The molecule has 40 heavy (non-hydrogen) atoms. The highest BCUT2D eigenvalue weighted by molar-refractivity contribution is 8.00. The summed E-state index contributed by atoms with van der Waals surface area (Å²) in [5.74, 6) is 1.43. The Morgan fingerprint density at radius 2 is 1.90 bits per heavy atom. The number of nitrogens with one attached hydrogen (secondary N) is 2. The second-order valence-corrected chi connectivity index (χ2v) is 12.3. The van der Waals surface area contributed by atoms with Gasteiger partial charge in [-0.25, -0.2) is 9.37 Å². The van der Waals surface area contributed by atoms with Crippen molar-refractivity contribution in [2.75, 3.05) is 71.7 Å². The number of ether oxygens (including phenoxy) is 1. The van der Waals surface area contributed by atoms with Crippen molar-refractivity contribution in [3.05, 3.63) is 36.0 Å². The third-order valence-corrected chi connectivity index (χ3v) is 8.88. The first-order valence-electron chi connectivity index (χ1n) is 14.1. The number of alkyl halides is 2. The molecule has 3 fully saturated rings. The molecule has 2 aromatic rings. The lowest BCUT2D eigenvalue weighted by atomic mass is 9.93. The lowest BCUT2D eigenvalue weighted by Crippen LogP contribution is -2.35. The maximum atomic E-state index is 14.7. The molecule has 3 heterocycles. The van der Waals surface area contributed by atoms with E-state index in [4.69, 9.17) is 9.84 Å². The Labute approximate surface area is 239 Å². The van der Waals surface area contributed by atoms with Crippen LogP contribution in [0.25, 0.3) is 0 Å². The number of hydrogen-bond donors (Lipinski definition) is 3. The van der Waals surface area contributed by atoms with Crippen LogP contribution in [0, 0.1) is 5.41 Å². The summed E-state index contributed by atoms with van der Waals surface area (Å²) in [6, 6.07) is 7.21. The highest BCUT2D eigenvalue weighted by atomic mass is 32.2. The van der Waals surface area contributed by atoms with E-state index in [1.165, 1.54) is 24.8 Å². The van der Waals surface area contributed by atoms with Gasteiger partial charge in [-0.3, -0.25) is 9.18 Å². The molecule has 1 saturated carbocycles. The molecule has 2 saturated heterocycles. The van der Waals surface area contributed by atoms with E-state index in [0.29, 0.717) is 52.6 Å². The van der Waals surface area contributed by atoms with Crippen LogP contribution >= 0.6 is 11.9 Å². The van der Waals surface area contributed by atoms with Crippen LogP contribution in [0.1, 0.15) is 55.8 Å². The summed E-state index contributed by atoms with van der Waals surface area (Å²) < 4.78 is 36.3. The van der Waals surface area contributed by atoms with Crippen molar-refractivity contribution in [2.45, 2.75) is 51.1 Å². The average molecular weight is 576 g/mol. The highest BCUT2D eigenvalue weighted by Crippen LogP contribution is 2.54. The van der Waals surface area contributed by atoms with Gasteiger partial charge in [-0.1, -0.05) is 0 Å². The number of benzene rings is 1. The third-order valence-electron chi connectivity index (χ3n) is 8.14. The Balaban J connectivity index is 1.37. The normalized spacial score (nSPS) is 21.5. The number of carbonyl (C=O) groups is 1. The molecule has 3 N–H and O–H groups in total. The molecule has 1 spiro atoms. The van der Waals surface area contributed by atoms with Crippen molar-refractivity contribution in [3.8, 4) is 5.75 Å². The molecule has 1 aromatic heterocycles. The van der Waals surface area contributed by atoms with E-state index >= 15 is 0 Å². The number of anilines is 4. The van der Waals surface area contributed by atoms with Crippen molar-refractivity contribution in [2.24, 2.45) is 5.41 Å². The molecule has 3 aliphatic rings. The molecule has 218 valence electrons. The van der Waals surface area contributed by atoms with Crippen LogP contribution in [0.2, 0.25) is 0 Å². The Morgan fingerprint density at radius 3 is 2.58 bits per heavy atom. The van der Waals surface area contributed by atoms with Gasteiger partial charge in [0.05, 0.1) is 43.4 Å². The van der Waals surface area contributed by atoms with Gasteiger partial charge in [0.25, 0.3) is 5.91 Å². The van der Waals surface area contributed by atoms with Gasteiger partial charge in [0, 0.05) is 56.2 Å². The maximum absolute atomic E-state index is 14.7. The first kappa shape index (κ1) is 28.7. The molecule has 1 aromatic carbocycles. The summed E-state index contributed by atoms with van der Waals surface area (Å²) in [6.45, 7) is 3.91. The number of hydrogen-bond acceptors (Lipinski definition) is 8. The van der Waals surface area contributed by atoms with Gasteiger partial charge in [-0.2, -0.15) is 0 Å². The quantitative estimate of drug-likeness (QED) is 0.228. The lowest BCUT2D eigenvalue weighted by Gasteiger charge is -2.35. The van der Waals surface area contributed by atoms with Gasteiger partial charge >= 0.3 is 0 Å². The molecule has 1 amide bonds. The summed E-state index contributed by atoms with van der Waals surface area (Å²) in [6.07, 6.45) is 7.10. The third kappa shape index (κ3) is 6.91. The summed E-state index contributed by atoms with van der Waals surface area (Å²) in [4.78, 5) is 22.3. The van der Waals surface area contributed by atoms with E-state index in [9.17, 15) is 13.6 Å². The summed E-state index contributed by atoms with van der Waals surface area (Å²) in [5, 5.41) is 12.1. The van der Waals surface area contributed by atoms with Crippen molar-refractivity contribution in [1.82, 2.24) is 4.98 Å². The van der Waals surface area contributed by atoms with Crippen LogP contribution in [0.5, 0.6) is 5.75 Å². The Morgan fingerprint density at radius 1 is 1.12 bits per heavy atom. The fourth-order valence-electron chi connectivity index (χ4n) is 5.54. The standard InChI is InChI=1S/C29H39F2N5O3S/c1-28(31)7-11-36(20-28)24-17-21(3-4-25(24)39-15-2-10-30)33-27(38)22-19-32-26(34-40-16-14-37)18-23(22)35-12-8-29(5-6-29)9-13-35/h3-4,17-19,37H,2,5-16,20H2,1H3,(H,32,34)(H,33,38). The van der Waals surface area contributed by atoms with Gasteiger partial charge in [0.15, 0.2) is 0 Å². The van der Waals surface area contributed by atoms with Gasteiger partial charge in [-0.05, 0) is 68.2 Å². The number of aliphatic hydroxyl groups is 1. The smallest absolute Gasteiger partial charge is 0.259 e. The molecular formula is C29H39F2N5O3S. The Kier molecular flexibility index (Phi) is 8.89. The van der Waals surface area contributed by atoms with Crippen LogP contribution < -0.4 is 24.6 Å². The second kappa shape index (κ2) is 12.4. The van der Waals surface area contributed by atoms with E-state index in [1.807, 2.05) is 11.0 Å². The van der Waals surface area contributed by atoms with Gasteiger partial charge in [0.2, 0.25) is 0 Å². The van der Waals surface area contributed by atoms with E-state index in [1.54, 1.807) is 31.3 Å². The van der Waals surface area contributed by atoms with Crippen LogP contribution in [-0.2, 0) is 0 Å². The van der Waals surface area contributed by atoms with Crippen LogP contribution in [-0.4, -0.2) is 73.5 Å². The number of carbonyl (C=O) groups excluding carboxylic acids is 1. The first-order chi connectivity index (χ1) is 19.3. The van der Waals surface area contributed by atoms with Crippen LogP contribution in [0.3, 0.4) is 0 Å². The minimum atomic E-state index is -1.31. The number of aromatic nitrogens is 1. The van der Waals surface area contributed by atoms with E-state index < -0.39 is 12.3 Å². The predicted octanol–water partition coefficient (Wildman–Crippen LogP) is 5.44. The zero-order valence-corrected chi connectivity index (χ0v) is 23.9. The highest BCUT2D eigenvalue weighted by Gasteiger charge is 2.44. The number of amides is 1. The zero-order valence-electron chi connectivity index (χ0n) is 23.1. The summed E-state index contributed by atoms with van der Waals surface area (Å²) >= 11 is 1.36. The van der Waals surface area contributed by atoms with E-state index in [2.05, 4.69) is 19.9 Å². The van der Waals surface area contributed by atoms with Gasteiger partial charge in [0.1, 0.15) is 17.2 Å². The van der Waals surface area contributed by atoms with E-state index in [-0.39, 0.29) is 32.1 Å². The summed E-state index contributed by atoms with van der Waals surface area (Å²) in [7, 11) is 0. The SMILES string of the molecule is CC1(F)CCN(c2cc(NC(=O)c3cnc(NSCCO)cc3N3CCC4(CC3)CC4)ccc2OCCCF)C1. The average Bonchev–Trinajstić information content (AvgIpc) is 3.60. The first-order valence-corrected chi connectivity index (χ1v) is 15.1. The minimum absolute atomic E-state index is 0.0584. The van der Waals surface area contributed by atoms with Gasteiger partial charge in [-0.15, -0.1) is 0 Å². The Bertz CT molecular complexity index is 1190. The number of aliphatic hydroxyl groups excluding tert-OH is 1. The number of halogens is 2. The molecular weight excluding hydrogens is 536 g/mol. The molecule has 5 rings (SSSR count). The summed E-state index contributed by atoms with van der Waals surface area (Å²) in [5.41, 5.74) is 1.74. The number of rotatable bonds is 12. The predicted molar refractivity (Wildman–Crippen MR) is 157 cm³/mol. The zero-order chi connectivity index (χ0) is 28.2. The van der Waals surface area contributed by atoms with Crippen LogP contribution in [0.4, 0.5) is 31.7 Å². The fraction of sp³-hybridized carbons (Fsp3) is 0.586. The molecule has 8 nitrogen and oxygen atoms in total. The second-order valence-electron chi connectivity index (χ2n) is 11.4. The minimum Gasteiger partial charge on any atom is -0.491 e. The fourth-order valence-corrected chi connectivity index (χ4v) is 5.99. The lowest BCUT2D eigenvalue weighted by molar-refractivity contribution is 0.102. The maximum Gasteiger partial charge on any atom is 0.259 e. The number of piperidine rings is 1. The van der Waals surface area contributed by atoms with Crippen molar-refractivity contribution in [3.63, 3.8) is 0 Å². The monoisotopic (exact) mass is 575 g/mol. The van der Waals surface area contributed by atoms with Crippen LogP contribution in [0.15, 0.2) is 30.5 Å². The molecule has 0 radical (unpaired) electrons. The molecule has 1 unspecified atom stereocenters.